The molecule has 2 spiro atoms. The maximum Gasteiger partial charge on any atom is 0.0755 e. The molecule has 0 aromatic heterocycles. The van der Waals surface area contributed by atoms with E-state index in [0.29, 0.717) is 0 Å². The van der Waals surface area contributed by atoms with Gasteiger partial charge in [-0.15, -0.1) is 0 Å². The first-order chi connectivity index (χ1) is 37.8. The summed E-state index contributed by atoms with van der Waals surface area (Å²) >= 11 is 0. The Balaban J connectivity index is 1.01. The van der Waals surface area contributed by atoms with Gasteiger partial charge in [-0.05, 0) is 138 Å². The fourth-order valence-corrected chi connectivity index (χ4v) is 14.3. The first-order valence-electron chi connectivity index (χ1n) is 26.5. The molecule has 12 aromatic carbocycles. The number of nitrogens with zero attached hydrogens (tertiary/aromatic N) is 2. The van der Waals surface area contributed by atoms with Crippen molar-refractivity contribution in [1.82, 2.24) is 0 Å². The summed E-state index contributed by atoms with van der Waals surface area (Å²) in [5.74, 6) is 0. The molecule has 3 aliphatic carbocycles. The van der Waals surface area contributed by atoms with E-state index in [1.54, 1.807) is 0 Å². The minimum Gasteiger partial charge on any atom is -0.310 e. The summed E-state index contributed by atoms with van der Waals surface area (Å²) < 4.78 is 0. The van der Waals surface area contributed by atoms with Crippen molar-refractivity contribution in [1.29, 1.82) is 0 Å². The van der Waals surface area contributed by atoms with Crippen LogP contribution in [0.15, 0.2) is 291 Å². The fraction of sp³-hybridized carbons (Fsp3) is 0.0270. The first kappa shape index (κ1) is 42.7. The highest BCUT2D eigenvalue weighted by Crippen LogP contribution is 2.67. The minimum atomic E-state index is -0.633. The number of rotatable bonds is 6. The lowest BCUT2D eigenvalue weighted by Gasteiger charge is -2.45. The van der Waals surface area contributed by atoms with Gasteiger partial charge in [0.15, 0.2) is 0 Å². The monoisotopic (exact) mass is 964 g/mol. The van der Waals surface area contributed by atoms with Crippen molar-refractivity contribution < 1.29 is 0 Å². The first-order valence-corrected chi connectivity index (χ1v) is 26.5. The Morgan fingerprint density at radius 2 is 0.658 bits per heavy atom. The second-order valence-electron chi connectivity index (χ2n) is 20.6. The molecule has 0 atom stereocenters. The number of hydrogen-bond acceptors (Lipinski definition) is 2. The summed E-state index contributed by atoms with van der Waals surface area (Å²) in [6.45, 7) is 0. The van der Waals surface area contributed by atoms with Gasteiger partial charge < -0.3 is 9.80 Å². The van der Waals surface area contributed by atoms with Crippen molar-refractivity contribution in [3.05, 3.63) is 336 Å². The number of para-hydroxylation sites is 4. The molecule has 0 unspecified atom stereocenters. The summed E-state index contributed by atoms with van der Waals surface area (Å²) in [5.41, 5.74) is 28.4. The predicted octanol–water partition coefficient (Wildman–Crippen LogP) is 19.0. The molecule has 354 valence electrons. The van der Waals surface area contributed by atoms with Crippen LogP contribution in [-0.4, -0.2) is 0 Å². The summed E-state index contributed by atoms with van der Waals surface area (Å²) in [5, 5.41) is 0. The van der Waals surface area contributed by atoms with Crippen LogP contribution in [0.4, 0.5) is 34.1 Å². The van der Waals surface area contributed by atoms with Crippen LogP contribution < -0.4 is 9.80 Å². The summed E-state index contributed by atoms with van der Waals surface area (Å²) in [6, 6.07) is 109. The van der Waals surface area contributed by atoms with Crippen LogP contribution in [0, 0.1) is 0 Å². The van der Waals surface area contributed by atoms with Gasteiger partial charge in [0, 0.05) is 22.5 Å². The standard InChI is InChI=1S/C74H48N2/c1-3-24-49(25-4-1)52-28-7-8-29-53(52)58-33-13-20-42-68(58)76(51-46-47-57-56-32-11-16-37-62(56)73(67(57)48-51)60-35-14-9-30-54(60)55-31-10-15-36-61(55)73)71-45-23-41-66-72(71)59-34-12-17-38-63(59)74(66)64-39-18-21-43-69(64)75(50-26-5-2-6-27-50)70-44-22-19-40-65(70)74/h1-48H. The van der Waals surface area contributed by atoms with Gasteiger partial charge in [-0.1, -0.05) is 243 Å². The van der Waals surface area contributed by atoms with E-state index in [-0.39, 0.29) is 0 Å². The molecule has 2 nitrogen and oxygen atoms in total. The van der Waals surface area contributed by atoms with Crippen LogP contribution in [0.2, 0.25) is 0 Å². The molecular weight excluding hydrogens is 917 g/mol. The zero-order chi connectivity index (χ0) is 50.0. The molecule has 4 aliphatic rings. The van der Waals surface area contributed by atoms with Gasteiger partial charge >= 0.3 is 0 Å². The third-order valence-electron chi connectivity index (χ3n) is 17.1. The van der Waals surface area contributed by atoms with Crippen LogP contribution in [-0.2, 0) is 10.8 Å². The second kappa shape index (κ2) is 16.4. The van der Waals surface area contributed by atoms with E-state index in [4.69, 9.17) is 0 Å². The topological polar surface area (TPSA) is 6.48 Å². The molecule has 76 heavy (non-hydrogen) atoms. The van der Waals surface area contributed by atoms with E-state index in [9.17, 15) is 0 Å². The maximum absolute atomic E-state index is 2.60. The van der Waals surface area contributed by atoms with Gasteiger partial charge in [0.05, 0.1) is 33.6 Å². The number of hydrogen-bond donors (Lipinski definition) is 0. The van der Waals surface area contributed by atoms with E-state index in [1.807, 2.05) is 0 Å². The highest BCUT2D eigenvalue weighted by atomic mass is 15.2. The zero-order valence-electron chi connectivity index (χ0n) is 41.6. The number of anilines is 6. The van der Waals surface area contributed by atoms with Crippen molar-refractivity contribution >= 4 is 34.1 Å². The van der Waals surface area contributed by atoms with Crippen molar-refractivity contribution in [2.24, 2.45) is 0 Å². The van der Waals surface area contributed by atoms with Crippen LogP contribution in [0.25, 0.3) is 55.6 Å². The van der Waals surface area contributed by atoms with Gasteiger partial charge in [0.1, 0.15) is 0 Å². The molecule has 0 amide bonds. The van der Waals surface area contributed by atoms with Crippen LogP contribution in [0.3, 0.4) is 0 Å². The quantitative estimate of drug-likeness (QED) is 0.164. The fourth-order valence-electron chi connectivity index (χ4n) is 14.3. The maximum atomic E-state index is 2.60. The predicted molar refractivity (Wildman–Crippen MR) is 314 cm³/mol. The van der Waals surface area contributed by atoms with Gasteiger partial charge in [0.25, 0.3) is 0 Å². The van der Waals surface area contributed by atoms with Gasteiger partial charge in [0.2, 0.25) is 0 Å². The SMILES string of the molecule is c1ccc(-c2ccccc2-c2ccccc2N(c2ccc3c(c2)C2(c4ccccc4-c4ccccc42)c2ccccc2-3)c2cccc3c2-c2ccccc2C32c3ccccc3N(c3ccccc3)c3ccccc32)cc1. The van der Waals surface area contributed by atoms with Crippen molar-refractivity contribution in [2.75, 3.05) is 9.80 Å². The van der Waals surface area contributed by atoms with Gasteiger partial charge in [-0.2, -0.15) is 0 Å². The molecule has 16 rings (SSSR count). The molecule has 12 aromatic rings. The van der Waals surface area contributed by atoms with E-state index >= 15 is 0 Å². The molecule has 0 fully saturated rings. The Hall–Kier alpha value is -9.76. The summed E-state index contributed by atoms with van der Waals surface area (Å²) in [7, 11) is 0. The van der Waals surface area contributed by atoms with E-state index in [1.165, 1.54) is 106 Å². The van der Waals surface area contributed by atoms with Crippen LogP contribution in [0.1, 0.15) is 44.5 Å². The Bertz CT molecular complexity index is 4210. The third kappa shape index (κ3) is 5.65. The van der Waals surface area contributed by atoms with Crippen LogP contribution in [0.5, 0.6) is 0 Å². The Morgan fingerprint density at radius 3 is 1.26 bits per heavy atom. The van der Waals surface area contributed by atoms with Gasteiger partial charge in [-0.25, -0.2) is 0 Å². The minimum absolute atomic E-state index is 0.518. The molecule has 2 heteroatoms. The molecule has 1 heterocycles. The lowest BCUT2D eigenvalue weighted by Crippen LogP contribution is -2.36. The molecule has 0 bridgehead atoms. The molecular formula is C74H48N2. The summed E-state index contributed by atoms with van der Waals surface area (Å²) in [6.07, 6.45) is 0. The summed E-state index contributed by atoms with van der Waals surface area (Å²) in [4.78, 5) is 5.07. The highest BCUT2D eigenvalue weighted by molar-refractivity contribution is 6.04. The number of fused-ring (bicyclic) bond motifs is 19. The van der Waals surface area contributed by atoms with Crippen molar-refractivity contribution in [3.63, 3.8) is 0 Å². The van der Waals surface area contributed by atoms with E-state index in [0.717, 1.165) is 28.3 Å². The molecule has 1 aliphatic heterocycles. The lowest BCUT2D eigenvalue weighted by atomic mass is 9.64. The van der Waals surface area contributed by atoms with Crippen LogP contribution >= 0.6 is 0 Å². The number of benzene rings is 12. The third-order valence-corrected chi connectivity index (χ3v) is 17.1. The van der Waals surface area contributed by atoms with E-state index in [2.05, 4.69) is 301 Å². The molecule has 0 radical (unpaired) electrons. The average molecular weight is 965 g/mol. The zero-order valence-corrected chi connectivity index (χ0v) is 41.6. The highest BCUT2D eigenvalue weighted by Gasteiger charge is 2.54. The Kier molecular flexibility index (Phi) is 9.20. The molecule has 0 saturated carbocycles. The Labute approximate surface area is 443 Å². The lowest BCUT2D eigenvalue weighted by molar-refractivity contribution is 0.752. The Morgan fingerprint density at radius 1 is 0.250 bits per heavy atom. The van der Waals surface area contributed by atoms with Crippen molar-refractivity contribution in [2.45, 2.75) is 10.8 Å². The normalized spacial score (nSPS) is 14.0. The van der Waals surface area contributed by atoms with Gasteiger partial charge in [-0.3, -0.25) is 0 Å². The molecule has 0 N–H and O–H groups in total. The smallest absolute Gasteiger partial charge is 0.0755 e. The second-order valence-corrected chi connectivity index (χ2v) is 20.6. The van der Waals surface area contributed by atoms with E-state index < -0.39 is 10.8 Å². The largest absolute Gasteiger partial charge is 0.310 e. The van der Waals surface area contributed by atoms with Crippen molar-refractivity contribution in [3.8, 4) is 55.6 Å². The molecule has 0 saturated heterocycles. The average Bonchev–Trinajstić information content (AvgIpc) is 4.24.